The molecule has 1 saturated heterocycles. The Labute approximate surface area is 126 Å². The molecule has 1 aromatic heterocycles. The van der Waals surface area contributed by atoms with E-state index in [0.717, 1.165) is 31.9 Å². The molecule has 0 amide bonds. The van der Waals surface area contributed by atoms with Gasteiger partial charge in [0.25, 0.3) is 0 Å². The van der Waals surface area contributed by atoms with E-state index < -0.39 is 0 Å². The molecule has 4 nitrogen and oxygen atoms in total. The lowest BCUT2D eigenvalue weighted by molar-refractivity contribution is 0.0932. The quantitative estimate of drug-likeness (QED) is 0.873. The van der Waals surface area contributed by atoms with Gasteiger partial charge in [0.05, 0.1) is 17.3 Å². The molecule has 0 radical (unpaired) electrons. The number of nitrogens with zero attached hydrogens (tertiary/aromatic N) is 3. The SMILES string of the molecule is CC(C)c1nc(CN(CCO)C2CCN(C)CC2)cs1. The van der Waals surface area contributed by atoms with Crippen molar-refractivity contribution in [2.45, 2.75) is 45.2 Å². The molecule has 5 heteroatoms. The smallest absolute Gasteiger partial charge is 0.0954 e. The molecule has 0 atom stereocenters. The first kappa shape index (κ1) is 15.9. The van der Waals surface area contributed by atoms with Crippen LogP contribution < -0.4 is 0 Å². The zero-order valence-corrected chi connectivity index (χ0v) is 13.7. The Hall–Kier alpha value is -0.490. The summed E-state index contributed by atoms with van der Waals surface area (Å²) < 4.78 is 0. The van der Waals surface area contributed by atoms with E-state index in [9.17, 15) is 5.11 Å². The predicted molar refractivity (Wildman–Crippen MR) is 84.2 cm³/mol. The number of rotatable bonds is 6. The molecule has 20 heavy (non-hydrogen) atoms. The van der Waals surface area contributed by atoms with E-state index in [-0.39, 0.29) is 6.61 Å². The second kappa shape index (κ2) is 7.50. The third kappa shape index (κ3) is 4.25. The fourth-order valence-corrected chi connectivity index (χ4v) is 3.57. The summed E-state index contributed by atoms with van der Waals surface area (Å²) in [5.74, 6) is 0.503. The number of thiazole rings is 1. The minimum Gasteiger partial charge on any atom is -0.395 e. The third-order valence-corrected chi connectivity index (χ3v) is 5.21. The van der Waals surface area contributed by atoms with Gasteiger partial charge in [-0.3, -0.25) is 4.90 Å². The molecular weight excluding hydrogens is 270 g/mol. The maximum absolute atomic E-state index is 9.32. The second-order valence-corrected chi connectivity index (χ2v) is 6.95. The molecule has 114 valence electrons. The molecule has 0 spiro atoms. The van der Waals surface area contributed by atoms with Crippen molar-refractivity contribution in [1.82, 2.24) is 14.8 Å². The average molecular weight is 297 g/mol. The predicted octanol–water partition coefficient (Wildman–Crippen LogP) is 2.16. The Morgan fingerprint density at radius 2 is 2.15 bits per heavy atom. The molecule has 1 aliphatic heterocycles. The molecule has 2 heterocycles. The van der Waals surface area contributed by atoms with E-state index in [2.05, 4.69) is 36.1 Å². The van der Waals surface area contributed by atoms with E-state index >= 15 is 0 Å². The van der Waals surface area contributed by atoms with Gasteiger partial charge in [0.15, 0.2) is 0 Å². The summed E-state index contributed by atoms with van der Waals surface area (Å²) in [7, 11) is 2.18. The highest BCUT2D eigenvalue weighted by atomic mass is 32.1. The topological polar surface area (TPSA) is 39.6 Å². The summed E-state index contributed by atoms with van der Waals surface area (Å²) in [6.45, 7) is 8.53. The van der Waals surface area contributed by atoms with Crippen molar-refractivity contribution in [3.8, 4) is 0 Å². The summed E-state index contributed by atoms with van der Waals surface area (Å²) in [5, 5.41) is 12.7. The summed E-state index contributed by atoms with van der Waals surface area (Å²) in [5.41, 5.74) is 1.16. The summed E-state index contributed by atoms with van der Waals surface area (Å²) in [6.07, 6.45) is 2.38. The number of hydrogen-bond acceptors (Lipinski definition) is 5. The van der Waals surface area contributed by atoms with Crippen molar-refractivity contribution in [2.24, 2.45) is 0 Å². The van der Waals surface area contributed by atoms with Crippen molar-refractivity contribution < 1.29 is 5.11 Å². The highest BCUT2D eigenvalue weighted by molar-refractivity contribution is 7.09. The van der Waals surface area contributed by atoms with E-state index in [1.54, 1.807) is 11.3 Å². The first-order valence-corrected chi connectivity index (χ1v) is 8.46. The van der Waals surface area contributed by atoms with Gasteiger partial charge in [-0.2, -0.15) is 0 Å². The zero-order valence-electron chi connectivity index (χ0n) is 12.9. The Kier molecular flexibility index (Phi) is 5.96. The Morgan fingerprint density at radius 1 is 1.45 bits per heavy atom. The Balaban J connectivity index is 1.97. The lowest BCUT2D eigenvalue weighted by Crippen LogP contribution is -2.44. The van der Waals surface area contributed by atoms with Crippen LogP contribution in [0.2, 0.25) is 0 Å². The van der Waals surface area contributed by atoms with Crippen LogP contribution in [0.25, 0.3) is 0 Å². The number of aliphatic hydroxyl groups is 1. The minimum absolute atomic E-state index is 0.230. The van der Waals surface area contributed by atoms with Crippen LogP contribution in [0.5, 0.6) is 0 Å². The van der Waals surface area contributed by atoms with Crippen molar-refractivity contribution in [2.75, 3.05) is 33.3 Å². The van der Waals surface area contributed by atoms with Crippen LogP contribution >= 0.6 is 11.3 Å². The maximum Gasteiger partial charge on any atom is 0.0954 e. The normalized spacial score (nSPS) is 18.3. The van der Waals surface area contributed by atoms with Gasteiger partial charge in [0.2, 0.25) is 0 Å². The molecular formula is C15H27N3OS. The van der Waals surface area contributed by atoms with Crippen molar-refractivity contribution >= 4 is 11.3 Å². The van der Waals surface area contributed by atoms with E-state index in [4.69, 9.17) is 4.98 Å². The Bertz CT molecular complexity index is 400. The van der Waals surface area contributed by atoms with E-state index in [1.807, 2.05) is 0 Å². The lowest BCUT2D eigenvalue weighted by atomic mass is 10.0. The van der Waals surface area contributed by atoms with Crippen molar-refractivity contribution in [3.05, 3.63) is 16.1 Å². The molecule has 0 aromatic carbocycles. The first-order chi connectivity index (χ1) is 9.60. The third-order valence-electron chi connectivity index (χ3n) is 4.02. The van der Waals surface area contributed by atoms with Gasteiger partial charge in [-0.1, -0.05) is 13.8 Å². The van der Waals surface area contributed by atoms with Gasteiger partial charge in [-0.15, -0.1) is 11.3 Å². The van der Waals surface area contributed by atoms with Gasteiger partial charge >= 0.3 is 0 Å². The van der Waals surface area contributed by atoms with Crippen LogP contribution in [0.3, 0.4) is 0 Å². The van der Waals surface area contributed by atoms with Crippen LogP contribution in [0.1, 0.15) is 43.3 Å². The zero-order chi connectivity index (χ0) is 14.5. The standard InChI is InChI=1S/C15H27N3OS/c1-12(2)15-16-13(11-20-15)10-18(8-9-19)14-4-6-17(3)7-5-14/h11-12,14,19H,4-10H2,1-3H3. The fraction of sp³-hybridized carbons (Fsp3) is 0.800. The van der Waals surface area contributed by atoms with E-state index in [1.165, 1.54) is 17.8 Å². The molecule has 0 saturated carbocycles. The molecule has 2 rings (SSSR count). The second-order valence-electron chi connectivity index (χ2n) is 6.06. The van der Waals surface area contributed by atoms with Crippen LogP contribution in [0.4, 0.5) is 0 Å². The van der Waals surface area contributed by atoms with Crippen molar-refractivity contribution in [1.29, 1.82) is 0 Å². The molecule has 1 fully saturated rings. The van der Waals surface area contributed by atoms with Crippen LogP contribution in [0.15, 0.2) is 5.38 Å². The van der Waals surface area contributed by atoms with Gasteiger partial charge in [0, 0.05) is 30.4 Å². The van der Waals surface area contributed by atoms with Crippen LogP contribution in [-0.2, 0) is 6.54 Å². The molecule has 0 bridgehead atoms. The number of aliphatic hydroxyl groups excluding tert-OH is 1. The summed E-state index contributed by atoms with van der Waals surface area (Å²) in [6, 6.07) is 0.586. The monoisotopic (exact) mass is 297 g/mol. The van der Waals surface area contributed by atoms with Crippen LogP contribution in [0, 0.1) is 0 Å². The molecule has 1 aliphatic rings. The number of piperidine rings is 1. The van der Waals surface area contributed by atoms with Crippen molar-refractivity contribution in [3.63, 3.8) is 0 Å². The first-order valence-electron chi connectivity index (χ1n) is 7.58. The largest absolute Gasteiger partial charge is 0.395 e. The molecule has 1 N–H and O–H groups in total. The van der Waals surface area contributed by atoms with E-state index in [0.29, 0.717) is 12.0 Å². The fourth-order valence-electron chi connectivity index (χ4n) is 2.75. The average Bonchev–Trinajstić information content (AvgIpc) is 2.88. The number of aromatic nitrogens is 1. The highest BCUT2D eigenvalue weighted by Crippen LogP contribution is 2.22. The molecule has 0 aliphatic carbocycles. The van der Waals surface area contributed by atoms with Gasteiger partial charge in [-0.05, 0) is 33.0 Å². The number of likely N-dealkylation sites (tertiary alicyclic amines) is 1. The van der Waals surface area contributed by atoms with Gasteiger partial charge in [-0.25, -0.2) is 4.98 Å². The van der Waals surface area contributed by atoms with Crippen LogP contribution in [-0.4, -0.2) is 59.2 Å². The minimum atomic E-state index is 0.230. The molecule has 0 unspecified atom stereocenters. The summed E-state index contributed by atoms with van der Waals surface area (Å²) in [4.78, 5) is 9.52. The van der Waals surface area contributed by atoms with Gasteiger partial charge in [0.1, 0.15) is 0 Å². The highest BCUT2D eigenvalue weighted by Gasteiger charge is 2.23. The maximum atomic E-state index is 9.32. The molecule has 1 aromatic rings. The van der Waals surface area contributed by atoms with Gasteiger partial charge < -0.3 is 10.0 Å². The lowest BCUT2D eigenvalue weighted by Gasteiger charge is -2.36. The summed E-state index contributed by atoms with van der Waals surface area (Å²) >= 11 is 1.76. The Morgan fingerprint density at radius 3 is 2.70 bits per heavy atom. The number of hydrogen-bond donors (Lipinski definition) is 1.